The number of nitrogens with zero attached hydrogens (tertiary/aromatic N) is 1. The van der Waals surface area contributed by atoms with E-state index in [2.05, 4.69) is 27.8 Å². The van der Waals surface area contributed by atoms with Crippen molar-refractivity contribution >= 4 is 15.9 Å². The van der Waals surface area contributed by atoms with Gasteiger partial charge in [0, 0.05) is 15.9 Å². The molecule has 0 unspecified atom stereocenters. The second kappa shape index (κ2) is 3.15. The van der Waals surface area contributed by atoms with Crippen molar-refractivity contribution in [2.24, 2.45) is 0 Å². The molecule has 0 N–H and O–H groups in total. The van der Waals surface area contributed by atoms with E-state index >= 15 is 0 Å². The van der Waals surface area contributed by atoms with Crippen LogP contribution in [0.15, 0.2) is 16.6 Å². The summed E-state index contributed by atoms with van der Waals surface area (Å²) in [6.45, 7) is 4.11. The van der Waals surface area contributed by atoms with Crippen molar-refractivity contribution in [1.29, 1.82) is 0 Å². The van der Waals surface area contributed by atoms with E-state index in [1.54, 1.807) is 0 Å². The van der Waals surface area contributed by atoms with Gasteiger partial charge in [-0.1, -0.05) is 22.9 Å². The first-order valence-electron chi connectivity index (χ1n) is 3.35. The third-order valence-electron chi connectivity index (χ3n) is 1.33. The Labute approximate surface area is 69.6 Å². The van der Waals surface area contributed by atoms with Gasteiger partial charge in [0.2, 0.25) is 0 Å². The normalized spacial score (nSPS) is 9.90. The SMILES string of the molecule is CCc1cc(Br)cc(C)n1. The Morgan fingerprint density at radius 1 is 1.50 bits per heavy atom. The highest BCUT2D eigenvalue weighted by molar-refractivity contribution is 9.10. The molecule has 1 nitrogen and oxygen atoms in total. The predicted molar refractivity (Wildman–Crippen MR) is 46.1 cm³/mol. The highest BCUT2D eigenvalue weighted by Gasteiger charge is 1.93. The van der Waals surface area contributed by atoms with Crippen molar-refractivity contribution in [2.45, 2.75) is 20.3 Å². The molecule has 1 aromatic heterocycles. The molecule has 0 saturated heterocycles. The van der Waals surface area contributed by atoms with E-state index in [4.69, 9.17) is 0 Å². The topological polar surface area (TPSA) is 12.9 Å². The number of hydrogen-bond donors (Lipinski definition) is 0. The van der Waals surface area contributed by atoms with Crippen molar-refractivity contribution in [1.82, 2.24) is 4.98 Å². The summed E-state index contributed by atoms with van der Waals surface area (Å²) < 4.78 is 1.12. The lowest BCUT2D eigenvalue weighted by Gasteiger charge is -1.98. The third kappa shape index (κ3) is 1.81. The van der Waals surface area contributed by atoms with Gasteiger partial charge in [-0.2, -0.15) is 0 Å². The molecule has 54 valence electrons. The summed E-state index contributed by atoms with van der Waals surface area (Å²) in [6, 6.07) is 4.06. The molecule has 2 heteroatoms. The van der Waals surface area contributed by atoms with Crippen LogP contribution in [0.1, 0.15) is 18.3 Å². The highest BCUT2D eigenvalue weighted by atomic mass is 79.9. The van der Waals surface area contributed by atoms with Gasteiger partial charge in [0.25, 0.3) is 0 Å². The van der Waals surface area contributed by atoms with E-state index in [-0.39, 0.29) is 0 Å². The third-order valence-corrected chi connectivity index (χ3v) is 1.79. The van der Waals surface area contributed by atoms with E-state index in [0.29, 0.717) is 0 Å². The average molecular weight is 200 g/mol. The highest BCUT2D eigenvalue weighted by Crippen LogP contribution is 2.12. The maximum absolute atomic E-state index is 4.32. The second-order valence-electron chi connectivity index (χ2n) is 2.27. The second-order valence-corrected chi connectivity index (χ2v) is 3.19. The van der Waals surface area contributed by atoms with Crippen LogP contribution in [0.3, 0.4) is 0 Å². The van der Waals surface area contributed by atoms with Crippen LogP contribution in [0, 0.1) is 6.92 Å². The van der Waals surface area contributed by atoms with Crippen LogP contribution < -0.4 is 0 Å². The van der Waals surface area contributed by atoms with Gasteiger partial charge in [-0.3, -0.25) is 4.98 Å². The molecule has 0 spiro atoms. The maximum Gasteiger partial charge on any atom is 0.0415 e. The molecule has 0 amide bonds. The smallest absolute Gasteiger partial charge is 0.0415 e. The van der Waals surface area contributed by atoms with Crippen LogP contribution in [0.5, 0.6) is 0 Å². The van der Waals surface area contributed by atoms with Gasteiger partial charge >= 0.3 is 0 Å². The lowest BCUT2D eigenvalue weighted by molar-refractivity contribution is 1.00. The van der Waals surface area contributed by atoms with Crippen LogP contribution in [0.2, 0.25) is 0 Å². The van der Waals surface area contributed by atoms with Crippen LogP contribution >= 0.6 is 15.9 Å². The Balaban J connectivity index is 3.06. The van der Waals surface area contributed by atoms with Crippen LogP contribution in [0.25, 0.3) is 0 Å². The summed E-state index contributed by atoms with van der Waals surface area (Å²) in [4.78, 5) is 4.32. The van der Waals surface area contributed by atoms with E-state index in [1.807, 2.05) is 19.1 Å². The van der Waals surface area contributed by atoms with Crippen LogP contribution in [-0.4, -0.2) is 4.98 Å². The van der Waals surface area contributed by atoms with Crippen molar-refractivity contribution in [3.8, 4) is 0 Å². The van der Waals surface area contributed by atoms with Gasteiger partial charge in [0.15, 0.2) is 0 Å². The summed E-state index contributed by atoms with van der Waals surface area (Å²) in [6.07, 6.45) is 1.00. The molecular weight excluding hydrogens is 190 g/mol. The van der Waals surface area contributed by atoms with E-state index in [9.17, 15) is 0 Å². The molecule has 0 aromatic carbocycles. The Hall–Kier alpha value is -0.370. The minimum absolute atomic E-state index is 1.00. The quantitative estimate of drug-likeness (QED) is 0.679. The van der Waals surface area contributed by atoms with Crippen molar-refractivity contribution < 1.29 is 0 Å². The maximum atomic E-state index is 4.32. The van der Waals surface area contributed by atoms with Gasteiger partial charge in [-0.15, -0.1) is 0 Å². The molecule has 0 saturated carbocycles. The largest absolute Gasteiger partial charge is 0.258 e. The number of aromatic nitrogens is 1. The number of hydrogen-bond acceptors (Lipinski definition) is 1. The molecule has 0 bridgehead atoms. The summed E-state index contributed by atoms with van der Waals surface area (Å²) in [5.74, 6) is 0. The minimum atomic E-state index is 1.00. The average Bonchev–Trinajstić information content (AvgIpc) is 1.85. The molecule has 0 aliphatic heterocycles. The molecule has 1 heterocycles. The van der Waals surface area contributed by atoms with E-state index in [0.717, 1.165) is 22.3 Å². The molecule has 0 aliphatic rings. The standard InChI is InChI=1S/C8H10BrN/c1-3-8-5-7(9)4-6(2)10-8/h4-5H,3H2,1-2H3. The fourth-order valence-electron chi connectivity index (χ4n) is 0.873. The molecule has 0 atom stereocenters. The van der Waals surface area contributed by atoms with Crippen molar-refractivity contribution in [3.63, 3.8) is 0 Å². The lowest BCUT2D eigenvalue weighted by atomic mass is 10.3. The zero-order chi connectivity index (χ0) is 7.56. The first-order valence-corrected chi connectivity index (χ1v) is 4.14. The molecular formula is C8H10BrN. The number of aryl methyl sites for hydroxylation is 2. The molecule has 0 aliphatic carbocycles. The Kier molecular flexibility index (Phi) is 2.44. The molecule has 1 aromatic rings. The van der Waals surface area contributed by atoms with Crippen LogP contribution in [0.4, 0.5) is 0 Å². The number of pyridine rings is 1. The molecule has 1 rings (SSSR count). The monoisotopic (exact) mass is 199 g/mol. The van der Waals surface area contributed by atoms with Gasteiger partial charge < -0.3 is 0 Å². The fourth-order valence-corrected chi connectivity index (χ4v) is 1.47. The molecule has 10 heavy (non-hydrogen) atoms. The van der Waals surface area contributed by atoms with Gasteiger partial charge in [0.05, 0.1) is 0 Å². The van der Waals surface area contributed by atoms with E-state index in [1.165, 1.54) is 0 Å². The Morgan fingerprint density at radius 3 is 2.70 bits per heavy atom. The summed E-state index contributed by atoms with van der Waals surface area (Å²) >= 11 is 3.41. The minimum Gasteiger partial charge on any atom is -0.258 e. The Bertz CT molecular complexity index is 212. The van der Waals surface area contributed by atoms with Gasteiger partial charge in [-0.05, 0) is 25.5 Å². The number of rotatable bonds is 1. The van der Waals surface area contributed by atoms with Gasteiger partial charge in [0.1, 0.15) is 0 Å². The van der Waals surface area contributed by atoms with Crippen molar-refractivity contribution in [3.05, 3.63) is 28.0 Å². The zero-order valence-corrected chi connectivity index (χ0v) is 7.77. The summed E-state index contributed by atoms with van der Waals surface area (Å²) in [5, 5.41) is 0. The number of halogens is 1. The van der Waals surface area contributed by atoms with Crippen LogP contribution in [-0.2, 0) is 6.42 Å². The molecule has 0 fully saturated rings. The molecule has 0 radical (unpaired) electrons. The summed E-state index contributed by atoms with van der Waals surface area (Å²) in [7, 11) is 0. The van der Waals surface area contributed by atoms with Gasteiger partial charge in [-0.25, -0.2) is 0 Å². The lowest BCUT2D eigenvalue weighted by Crippen LogP contribution is -1.88. The first kappa shape index (κ1) is 7.73. The zero-order valence-electron chi connectivity index (χ0n) is 6.19. The Morgan fingerprint density at radius 2 is 2.20 bits per heavy atom. The summed E-state index contributed by atoms with van der Waals surface area (Å²) in [5.41, 5.74) is 2.22. The fraction of sp³-hybridized carbons (Fsp3) is 0.375. The van der Waals surface area contributed by atoms with E-state index < -0.39 is 0 Å². The first-order chi connectivity index (χ1) is 4.72. The predicted octanol–water partition coefficient (Wildman–Crippen LogP) is 2.71. The van der Waals surface area contributed by atoms with Crippen molar-refractivity contribution in [2.75, 3.05) is 0 Å².